The van der Waals surface area contributed by atoms with Gasteiger partial charge in [-0.3, -0.25) is 0 Å². The second kappa shape index (κ2) is 4.14. The van der Waals surface area contributed by atoms with Gasteiger partial charge in [0.2, 0.25) is 0 Å². The van der Waals surface area contributed by atoms with E-state index in [-0.39, 0.29) is 12.1 Å². The van der Waals surface area contributed by atoms with Crippen LogP contribution in [0, 0.1) is 0 Å². The van der Waals surface area contributed by atoms with Crippen molar-refractivity contribution in [3.8, 4) is 0 Å². The van der Waals surface area contributed by atoms with Crippen molar-refractivity contribution < 1.29 is 8.42 Å². The fraction of sp³-hybridized carbons (Fsp3) is 1.00. The topological polar surface area (TPSA) is 52.7 Å². The molecule has 0 bridgehead atoms. The highest BCUT2D eigenvalue weighted by atomic mass is 32.2. The van der Waals surface area contributed by atoms with Crippen LogP contribution in [0.3, 0.4) is 0 Å². The minimum absolute atomic E-state index is 0.216. The zero-order chi connectivity index (χ0) is 10.9. The largest absolute Gasteiger partial charge is 0.309 e. The van der Waals surface area contributed by atoms with Crippen LogP contribution in [0.4, 0.5) is 0 Å². The van der Waals surface area contributed by atoms with Crippen LogP contribution in [0.25, 0.3) is 0 Å². The number of hydrogen-bond donors (Lipinski definition) is 1. The maximum Gasteiger partial charge on any atom is 0.281 e. The van der Waals surface area contributed by atoms with Crippen LogP contribution in [0.2, 0.25) is 0 Å². The van der Waals surface area contributed by atoms with Crippen molar-refractivity contribution in [1.82, 2.24) is 13.9 Å². The van der Waals surface area contributed by atoms with Crippen molar-refractivity contribution in [3.63, 3.8) is 0 Å². The Kier molecular flexibility index (Phi) is 3.52. The molecule has 0 saturated carbocycles. The summed E-state index contributed by atoms with van der Waals surface area (Å²) in [7, 11) is -0.115. The first kappa shape index (κ1) is 11.9. The van der Waals surface area contributed by atoms with Gasteiger partial charge in [-0.05, 0) is 13.8 Å². The summed E-state index contributed by atoms with van der Waals surface area (Å²) >= 11 is 0. The van der Waals surface area contributed by atoms with E-state index in [0.29, 0.717) is 13.1 Å². The Morgan fingerprint density at radius 3 is 2.00 bits per heavy atom. The monoisotopic (exact) mass is 221 g/mol. The smallest absolute Gasteiger partial charge is 0.281 e. The van der Waals surface area contributed by atoms with Crippen LogP contribution in [0.5, 0.6) is 0 Å². The first-order valence-electron chi connectivity index (χ1n) is 4.77. The molecule has 1 aliphatic rings. The molecule has 14 heavy (non-hydrogen) atoms. The van der Waals surface area contributed by atoms with Gasteiger partial charge in [0, 0.05) is 39.3 Å². The van der Waals surface area contributed by atoms with E-state index < -0.39 is 10.2 Å². The molecule has 1 saturated heterocycles. The van der Waals surface area contributed by atoms with Crippen molar-refractivity contribution in [2.24, 2.45) is 0 Å². The number of hydrogen-bond acceptors (Lipinski definition) is 3. The van der Waals surface area contributed by atoms with Crippen molar-refractivity contribution in [1.29, 1.82) is 0 Å². The van der Waals surface area contributed by atoms with E-state index >= 15 is 0 Å². The van der Waals surface area contributed by atoms with Crippen LogP contribution in [0.1, 0.15) is 13.8 Å². The van der Waals surface area contributed by atoms with Crippen LogP contribution < -0.4 is 5.32 Å². The van der Waals surface area contributed by atoms with Gasteiger partial charge in [0.05, 0.1) is 0 Å². The number of piperazine rings is 1. The molecular weight excluding hydrogens is 202 g/mol. The van der Waals surface area contributed by atoms with Gasteiger partial charge in [-0.25, -0.2) is 0 Å². The van der Waals surface area contributed by atoms with Gasteiger partial charge < -0.3 is 5.32 Å². The van der Waals surface area contributed by atoms with Crippen LogP contribution in [-0.4, -0.2) is 56.3 Å². The quantitative estimate of drug-likeness (QED) is 0.682. The van der Waals surface area contributed by atoms with E-state index in [1.807, 2.05) is 13.8 Å². The van der Waals surface area contributed by atoms with E-state index in [1.165, 1.54) is 8.61 Å². The molecule has 1 aliphatic heterocycles. The average Bonchev–Trinajstić information content (AvgIpc) is 2.01. The van der Waals surface area contributed by atoms with Gasteiger partial charge in [0.25, 0.3) is 10.2 Å². The van der Waals surface area contributed by atoms with Gasteiger partial charge in [-0.2, -0.15) is 17.0 Å². The molecular formula is C8H19N3O2S. The third kappa shape index (κ3) is 2.44. The molecule has 0 aromatic carbocycles. The summed E-state index contributed by atoms with van der Waals surface area (Å²) in [6.45, 7) is 5.08. The molecule has 1 N–H and O–H groups in total. The molecule has 84 valence electrons. The molecule has 1 rings (SSSR count). The van der Waals surface area contributed by atoms with Gasteiger partial charge in [0.15, 0.2) is 0 Å². The van der Waals surface area contributed by atoms with E-state index in [1.54, 1.807) is 14.1 Å². The summed E-state index contributed by atoms with van der Waals surface area (Å²) in [6.07, 6.45) is 0. The molecule has 0 radical (unpaired) electrons. The maximum atomic E-state index is 11.8. The standard InChI is InChI=1S/C8H19N3O2S/c1-7-5-11(6-8(2)9-7)14(12,13)10(3)4/h7-9H,5-6H2,1-4H3/t7-,8-/m1/s1. The predicted octanol–water partition coefficient (Wildman–Crippen LogP) is -0.525. The van der Waals surface area contributed by atoms with Gasteiger partial charge in [-0.1, -0.05) is 0 Å². The molecule has 0 amide bonds. The minimum atomic E-state index is -3.24. The fourth-order valence-corrected chi connectivity index (χ4v) is 2.98. The van der Waals surface area contributed by atoms with E-state index in [4.69, 9.17) is 0 Å². The van der Waals surface area contributed by atoms with Crippen LogP contribution in [0.15, 0.2) is 0 Å². The molecule has 0 aromatic heterocycles. The fourth-order valence-electron chi connectivity index (χ4n) is 1.70. The first-order valence-corrected chi connectivity index (χ1v) is 6.17. The summed E-state index contributed by atoms with van der Waals surface area (Å²) in [5.41, 5.74) is 0. The molecule has 0 spiro atoms. The SMILES string of the molecule is C[C@@H]1CN(S(=O)(=O)N(C)C)C[C@@H](C)N1. The second-order valence-corrected chi connectivity index (χ2v) is 6.22. The second-order valence-electron chi connectivity index (χ2n) is 4.08. The molecule has 6 heteroatoms. The number of nitrogens with one attached hydrogen (secondary N) is 1. The first-order chi connectivity index (χ1) is 6.34. The molecule has 1 fully saturated rings. The minimum Gasteiger partial charge on any atom is -0.309 e. The summed E-state index contributed by atoms with van der Waals surface area (Å²) in [5.74, 6) is 0. The van der Waals surface area contributed by atoms with E-state index in [9.17, 15) is 8.42 Å². The summed E-state index contributed by atoms with van der Waals surface area (Å²) < 4.78 is 26.4. The maximum absolute atomic E-state index is 11.8. The lowest BCUT2D eigenvalue weighted by Crippen LogP contribution is -2.57. The Morgan fingerprint density at radius 1 is 1.21 bits per heavy atom. The molecule has 0 unspecified atom stereocenters. The molecule has 2 atom stereocenters. The molecule has 0 aromatic rings. The van der Waals surface area contributed by atoms with Gasteiger partial charge in [-0.15, -0.1) is 0 Å². The third-order valence-electron chi connectivity index (χ3n) is 2.31. The Balaban J connectivity index is 2.78. The number of nitrogens with zero attached hydrogens (tertiary/aromatic N) is 2. The van der Waals surface area contributed by atoms with Crippen LogP contribution >= 0.6 is 0 Å². The van der Waals surface area contributed by atoms with Crippen molar-refractivity contribution in [3.05, 3.63) is 0 Å². The Hall–Kier alpha value is -0.170. The highest BCUT2D eigenvalue weighted by Crippen LogP contribution is 2.11. The average molecular weight is 221 g/mol. The third-order valence-corrected chi connectivity index (χ3v) is 4.19. The highest BCUT2D eigenvalue weighted by molar-refractivity contribution is 7.86. The predicted molar refractivity (Wildman–Crippen MR) is 56.2 cm³/mol. The summed E-state index contributed by atoms with van der Waals surface area (Å²) in [6, 6.07) is 0.432. The van der Waals surface area contributed by atoms with Crippen molar-refractivity contribution in [2.75, 3.05) is 27.2 Å². The zero-order valence-corrected chi connectivity index (χ0v) is 10.0. The van der Waals surface area contributed by atoms with Crippen molar-refractivity contribution >= 4 is 10.2 Å². The van der Waals surface area contributed by atoms with E-state index in [0.717, 1.165) is 0 Å². The highest BCUT2D eigenvalue weighted by Gasteiger charge is 2.31. The zero-order valence-electron chi connectivity index (χ0n) is 9.19. The molecule has 1 heterocycles. The molecule has 5 nitrogen and oxygen atoms in total. The normalized spacial score (nSPS) is 30.9. The van der Waals surface area contributed by atoms with E-state index in [2.05, 4.69) is 5.32 Å². The van der Waals surface area contributed by atoms with Gasteiger partial charge in [0.1, 0.15) is 0 Å². The Labute approximate surface area is 86.3 Å². The lowest BCUT2D eigenvalue weighted by atomic mass is 10.2. The lowest BCUT2D eigenvalue weighted by Gasteiger charge is -2.36. The Bertz CT molecular complexity index is 279. The summed E-state index contributed by atoms with van der Waals surface area (Å²) in [4.78, 5) is 0. The van der Waals surface area contributed by atoms with Gasteiger partial charge >= 0.3 is 0 Å². The summed E-state index contributed by atoms with van der Waals surface area (Å²) in [5, 5.41) is 3.30. The molecule has 0 aliphatic carbocycles. The lowest BCUT2D eigenvalue weighted by molar-refractivity contribution is 0.252. The van der Waals surface area contributed by atoms with Crippen LogP contribution in [-0.2, 0) is 10.2 Å². The number of rotatable bonds is 2. The Morgan fingerprint density at radius 2 is 1.64 bits per heavy atom. The van der Waals surface area contributed by atoms with Crippen molar-refractivity contribution in [2.45, 2.75) is 25.9 Å².